The van der Waals surface area contributed by atoms with Crippen LogP contribution in [0, 0.1) is 5.92 Å². The second kappa shape index (κ2) is 6.05. The van der Waals surface area contributed by atoms with E-state index in [-0.39, 0.29) is 11.8 Å². The summed E-state index contributed by atoms with van der Waals surface area (Å²) in [6.07, 6.45) is 0.717. The van der Waals surface area contributed by atoms with Crippen molar-refractivity contribution in [1.82, 2.24) is 4.90 Å². The monoisotopic (exact) mass is 277 g/mol. The number of hydrogen-bond acceptors (Lipinski definition) is 3. The lowest BCUT2D eigenvalue weighted by molar-refractivity contribution is -0.142. The van der Waals surface area contributed by atoms with Gasteiger partial charge in [-0.25, -0.2) is 4.79 Å². The molecule has 20 heavy (non-hydrogen) atoms. The molecule has 1 aliphatic rings. The van der Waals surface area contributed by atoms with Crippen LogP contribution in [0.1, 0.15) is 29.3 Å². The predicted octanol–water partition coefficient (Wildman–Crippen LogP) is 1.77. The third-order valence-electron chi connectivity index (χ3n) is 3.76. The molecule has 0 aromatic heterocycles. The smallest absolute Gasteiger partial charge is 0.326 e. The highest BCUT2D eigenvalue weighted by molar-refractivity contribution is 5.98. The largest absolute Gasteiger partial charge is 0.480 e. The molecule has 5 heteroatoms. The van der Waals surface area contributed by atoms with Gasteiger partial charge in [-0.15, -0.1) is 0 Å². The van der Waals surface area contributed by atoms with Crippen LogP contribution in [0.5, 0.6) is 0 Å². The summed E-state index contributed by atoms with van der Waals surface area (Å²) >= 11 is 0. The molecule has 2 unspecified atom stereocenters. The number of carbonyl (C=O) groups is 2. The van der Waals surface area contributed by atoms with Gasteiger partial charge in [-0.2, -0.15) is 0 Å². The third-order valence-corrected chi connectivity index (χ3v) is 3.76. The number of hydrogen-bond donors (Lipinski definition) is 1. The van der Waals surface area contributed by atoms with Crippen LogP contribution in [-0.4, -0.2) is 41.6 Å². The van der Waals surface area contributed by atoms with Crippen LogP contribution in [0.2, 0.25) is 0 Å². The molecular formula is C15H19NO4. The van der Waals surface area contributed by atoms with Crippen molar-refractivity contribution < 1.29 is 19.4 Å². The number of amides is 1. The summed E-state index contributed by atoms with van der Waals surface area (Å²) in [5, 5.41) is 9.30. The van der Waals surface area contributed by atoms with Crippen LogP contribution < -0.4 is 0 Å². The number of nitrogens with zero attached hydrogens (tertiary/aromatic N) is 1. The molecule has 5 nitrogen and oxygen atoms in total. The topological polar surface area (TPSA) is 66.8 Å². The molecule has 0 radical (unpaired) electrons. The third kappa shape index (κ3) is 2.67. The number of carbonyl (C=O) groups excluding carboxylic acids is 1. The van der Waals surface area contributed by atoms with Gasteiger partial charge in [0.15, 0.2) is 0 Å². The van der Waals surface area contributed by atoms with Gasteiger partial charge >= 0.3 is 5.97 Å². The van der Waals surface area contributed by atoms with Gasteiger partial charge in [0.25, 0.3) is 5.91 Å². The molecule has 0 aliphatic carbocycles. The van der Waals surface area contributed by atoms with Crippen molar-refractivity contribution in [3.63, 3.8) is 0 Å². The summed E-state index contributed by atoms with van der Waals surface area (Å²) in [6, 6.07) is 6.43. The Morgan fingerprint density at radius 1 is 1.40 bits per heavy atom. The van der Waals surface area contributed by atoms with Gasteiger partial charge in [0, 0.05) is 19.2 Å². The lowest BCUT2D eigenvalue weighted by Gasteiger charge is -2.24. The van der Waals surface area contributed by atoms with Gasteiger partial charge in [0.05, 0.1) is 6.61 Å². The van der Waals surface area contributed by atoms with Gasteiger partial charge in [-0.05, 0) is 24.0 Å². The fraction of sp³-hybridized carbons (Fsp3) is 0.467. The van der Waals surface area contributed by atoms with E-state index in [1.807, 2.05) is 19.1 Å². The molecule has 1 aromatic carbocycles. The number of carboxylic acid groups (broad SMARTS) is 1. The van der Waals surface area contributed by atoms with Crippen LogP contribution in [0.15, 0.2) is 24.3 Å². The molecule has 2 atom stereocenters. The van der Waals surface area contributed by atoms with Crippen LogP contribution in [0.3, 0.4) is 0 Å². The first-order valence-corrected chi connectivity index (χ1v) is 6.67. The molecule has 1 aromatic rings. The van der Waals surface area contributed by atoms with E-state index in [0.717, 1.165) is 12.0 Å². The SMILES string of the molecule is COCc1ccccc1C(=O)N1CCC(C)C1C(=O)O. The average molecular weight is 277 g/mol. The maximum atomic E-state index is 12.6. The number of rotatable bonds is 4. The van der Waals surface area contributed by atoms with Crippen molar-refractivity contribution in [3.05, 3.63) is 35.4 Å². The van der Waals surface area contributed by atoms with Crippen LogP contribution in [-0.2, 0) is 16.1 Å². The van der Waals surface area contributed by atoms with E-state index in [0.29, 0.717) is 18.7 Å². The lowest BCUT2D eigenvalue weighted by Crippen LogP contribution is -2.43. The number of ether oxygens (including phenoxy) is 1. The van der Waals surface area contributed by atoms with Crippen molar-refractivity contribution in [2.24, 2.45) is 5.92 Å². The zero-order valence-electron chi connectivity index (χ0n) is 11.7. The van der Waals surface area contributed by atoms with Gasteiger partial charge in [0.1, 0.15) is 6.04 Å². The summed E-state index contributed by atoms with van der Waals surface area (Å²) in [5.41, 5.74) is 1.30. The normalized spacial score (nSPS) is 22.0. The van der Waals surface area contributed by atoms with Crippen molar-refractivity contribution >= 4 is 11.9 Å². The van der Waals surface area contributed by atoms with E-state index in [2.05, 4.69) is 0 Å². The first kappa shape index (κ1) is 14.5. The minimum absolute atomic E-state index is 0.0222. The number of methoxy groups -OCH3 is 1. The highest BCUT2D eigenvalue weighted by atomic mass is 16.5. The summed E-state index contributed by atoms with van der Waals surface area (Å²) in [6.45, 7) is 2.69. The minimum atomic E-state index is -0.937. The Hall–Kier alpha value is -1.88. The molecule has 1 fully saturated rings. The molecule has 0 saturated carbocycles. The summed E-state index contributed by atoms with van der Waals surface area (Å²) in [5.74, 6) is -1.19. The molecule has 1 amide bonds. The van der Waals surface area contributed by atoms with Crippen molar-refractivity contribution in [2.75, 3.05) is 13.7 Å². The average Bonchev–Trinajstić information content (AvgIpc) is 2.81. The maximum absolute atomic E-state index is 12.6. The Morgan fingerprint density at radius 2 is 2.10 bits per heavy atom. The molecule has 1 aliphatic heterocycles. The zero-order chi connectivity index (χ0) is 14.7. The highest BCUT2D eigenvalue weighted by Gasteiger charge is 2.40. The molecule has 108 valence electrons. The Balaban J connectivity index is 2.29. The molecule has 1 heterocycles. The summed E-state index contributed by atoms with van der Waals surface area (Å²) < 4.78 is 5.09. The first-order chi connectivity index (χ1) is 9.56. The van der Waals surface area contributed by atoms with E-state index in [1.54, 1.807) is 19.2 Å². The van der Waals surface area contributed by atoms with Crippen LogP contribution >= 0.6 is 0 Å². The molecule has 2 rings (SSSR count). The summed E-state index contributed by atoms with van der Waals surface area (Å²) in [7, 11) is 1.57. The predicted molar refractivity (Wildman–Crippen MR) is 73.4 cm³/mol. The zero-order valence-corrected chi connectivity index (χ0v) is 11.7. The number of aliphatic carboxylic acids is 1. The number of carboxylic acids is 1. The summed E-state index contributed by atoms with van der Waals surface area (Å²) in [4.78, 5) is 25.4. The van der Waals surface area contributed by atoms with Gasteiger partial charge in [-0.3, -0.25) is 4.79 Å². The molecule has 1 saturated heterocycles. The van der Waals surface area contributed by atoms with E-state index in [9.17, 15) is 14.7 Å². The van der Waals surface area contributed by atoms with Crippen LogP contribution in [0.4, 0.5) is 0 Å². The van der Waals surface area contributed by atoms with E-state index >= 15 is 0 Å². The molecule has 0 bridgehead atoms. The van der Waals surface area contributed by atoms with Gasteiger partial charge < -0.3 is 14.7 Å². The van der Waals surface area contributed by atoms with Gasteiger partial charge in [0.2, 0.25) is 0 Å². The lowest BCUT2D eigenvalue weighted by atomic mass is 10.0. The second-order valence-electron chi connectivity index (χ2n) is 5.14. The first-order valence-electron chi connectivity index (χ1n) is 6.67. The fourth-order valence-electron chi connectivity index (χ4n) is 2.72. The molecular weight excluding hydrogens is 258 g/mol. The standard InChI is InChI=1S/C15H19NO4/c1-10-7-8-16(13(10)15(18)19)14(17)12-6-4-3-5-11(12)9-20-2/h3-6,10,13H,7-9H2,1-2H3,(H,18,19). The van der Waals surface area contributed by atoms with Crippen molar-refractivity contribution in [3.8, 4) is 0 Å². The number of benzene rings is 1. The second-order valence-corrected chi connectivity index (χ2v) is 5.14. The quantitative estimate of drug-likeness (QED) is 0.910. The maximum Gasteiger partial charge on any atom is 0.326 e. The van der Waals surface area contributed by atoms with E-state index in [1.165, 1.54) is 4.90 Å². The highest BCUT2D eigenvalue weighted by Crippen LogP contribution is 2.26. The fourth-order valence-corrected chi connectivity index (χ4v) is 2.72. The van der Waals surface area contributed by atoms with Crippen molar-refractivity contribution in [2.45, 2.75) is 26.0 Å². The van der Waals surface area contributed by atoms with E-state index in [4.69, 9.17) is 4.74 Å². The minimum Gasteiger partial charge on any atom is -0.480 e. The van der Waals surface area contributed by atoms with Crippen LogP contribution in [0.25, 0.3) is 0 Å². The van der Waals surface area contributed by atoms with E-state index < -0.39 is 12.0 Å². The Bertz CT molecular complexity index is 514. The van der Waals surface area contributed by atoms with Gasteiger partial charge in [-0.1, -0.05) is 25.1 Å². The molecule has 1 N–H and O–H groups in total. The molecule has 0 spiro atoms. The Labute approximate surface area is 118 Å². The van der Waals surface area contributed by atoms with Crippen molar-refractivity contribution in [1.29, 1.82) is 0 Å². The number of likely N-dealkylation sites (tertiary alicyclic amines) is 1. The Kier molecular flexibility index (Phi) is 4.39. The Morgan fingerprint density at radius 3 is 2.75 bits per heavy atom.